The number of nitrogens with one attached hydrogen (secondary N) is 1. The van der Waals surface area contributed by atoms with Crippen LogP contribution in [0.3, 0.4) is 0 Å². The summed E-state index contributed by atoms with van der Waals surface area (Å²) in [5, 5.41) is 2.78. The largest absolute Gasteiger partial charge is 0.416 e. The van der Waals surface area contributed by atoms with Crippen molar-refractivity contribution in [2.75, 3.05) is 18.4 Å². The van der Waals surface area contributed by atoms with Crippen LogP contribution in [0.25, 0.3) is 11.1 Å². The highest BCUT2D eigenvalue weighted by atomic mass is 19.4. The number of alkyl halides is 3. The second-order valence-electron chi connectivity index (χ2n) is 7.13. The molecule has 1 N–H and O–H groups in total. The Bertz CT molecular complexity index is 1100. The average Bonchev–Trinajstić information content (AvgIpc) is 2.79. The Labute approximate surface area is 184 Å². The Kier molecular flexibility index (Phi) is 6.98. The fourth-order valence-electron chi connectivity index (χ4n) is 3.39. The molecule has 3 rings (SSSR count). The minimum atomic E-state index is -4.43. The predicted molar refractivity (Wildman–Crippen MR) is 119 cm³/mol. The summed E-state index contributed by atoms with van der Waals surface area (Å²) in [4.78, 5) is 27.2. The zero-order valence-corrected chi connectivity index (χ0v) is 17.7. The molecular weight excluding hydrogens is 417 g/mol. The first kappa shape index (κ1) is 23.1. The molecule has 0 bridgehead atoms. The van der Waals surface area contributed by atoms with Crippen molar-refractivity contribution in [3.05, 3.63) is 89.5 Å². The van der Waals surface area contributed by atoms with Gasteiger partial charge in [0.05, 0.1) is 5.56 Å². The van der Waals surface area contributed by atoms with Gasteiger partial charge in [-0.05, 0) is 61.4 Å². The van der Waals surface area contributed by atoms with E-state index in [4.69, 9.17) is 0 Å². The first-order valence-corrected chi connectivity index (χ1v) is 10.2. The van der Waals surface area contributed by atoms with Gasteiger partial charge in [0.1, 0.15) is 0 Å². The van der Waals surface area contributed by atoms with Crippen molar-refractivity contribution in [3.8, 4) is 11.1 Å². The van der Waals surface area contributed by atoms with Crippen LogP contribution in [0.4, 0.5) is 18.9 Å². The van der Waals surface area contributed by atoms with E-state index in [-0.39, 0.29) is 5.91 Å². The lowest BCUT2D eigenvalue weighted by atomic mass is 9.98. The third kappa shape index (κ3) is 5.17. The molecule has 3 aromatic rings. The maximum atomic E-state index is 13.0. The van der Waals surface area contributed by atoms with Gasteiger partial charge in [-0.2, -0.15) is 13.2 Å². The Morgan fingerprint density at radius 3 is 2.16 bits per heavy atom. The van der Waals surface area contributed by atoms with Crippen LogP contribution in [0.15, 0.2) is 72.8 Å². The van der Waals surface area contributed by atoms with Crippen LogP contribution in [0, 0.1) is 0 Å². The normalized spacial score (nSPS) is 11.2. The summed E-state index contributed by atoms with van der Waals surface area (Å²) >= 11 is 0. The lowest BCUT2D eigenvalue weighted by Crippen LogP contribution is -2.30. The van der Waals surface area contributed by atoms with Gasteiger partial charge in [-0.25, -0.2) is 0 Å². The minimum absolute atomic E-state index is 0.128. The number of benzene rings is 3. The molecule has 0 aliphatic carbocycles. The van der Waals surface area contributed by atoms with Gasteiger partial charge in [0.15, 0.2) is 0 Å². The van der Waals surface area contributed by atoms with Crippen LogP contribution < -0.4 is 5.32 Å². The van der Waals surface area contributed by atoms with E-state index in [0.717, 1.165) is 12.1 Å². The minimum Gasteiger partial charge on any atom is -0.339 e. The van der Waals surface area contributed by atoms with Crippen LogP contribution in [-0.4, -0.2) is 29.8 Å². The molecule has 0 atom stereocenters. The van der Waals surface area contributed by atoms with Crippen LogP contribution in [0.5, 0.6) is 0 Å². The van der Waals surface area contributed by atoms with Crippen molar-refractivity contribution in [1.82, 2.24) is 4.90 Å². The number of nitrogens with zero attached hydrogens (tertiary/aromatic N) is 1. The van der Waals surface area contributed by atoms with E-state index >= 15 is 0 Å². The van der Waals surface area contributed by atoms with E-state index in [9.17, 15) is 22.8 Å². The quantitative estimate of drug-likeness (QED) is 0.503. The number of anilines is 1. The number of halogens is 3. The number of rotatable bonds is 6. The fraction of sp³-hybridized carbons (Fsp3) is 0.200. The van der Waals surface area contributed by atoms with E-state index in [0.29, 0.717) is 41.0 Å². The molecule has 0 aliphatic heterocycles. The zero-order chi connectivity index (χ0) is 23.3. The molecule has 0 aromatic heterocycles. The Balaban J connectivity index is 1.86. The Morgan fingerprint density at radius 1 is 0.875 bits per heavy atom. The average molecular weight is 440 g/mol. The second kappa shape index (κ2) is 9.68. The maximum absolute atomic E-state index is 13.0. The van der Waals surface area contributed by atoms with Gasteiger partial charge in [-0.3, -0.25) is 9.59 Å². The Morgan fingerprint density at radius 2 is 1.53 bits per heavy atom. The van der Waals surface area contributed by atoms with E-state index in [1.54, 1.807) is 53.4 Å². The number of hydrogen-bond donors (Lipinski definition) is 1. The van der Waals surface area contributed by atoms with Gasteiger partial charge in [-0.15, -0.1) is 0 Å². The lowest BCUT2D eigenvalue weighted by molar-refractivity contribution is -0.137. The molecule has 0 saturated carbocycles. The summed E-state index contributed by atoms with van der Waals surface area (Å²) in [7, 11) is 0. The number of hydrogen-bond acceptors (Lipinski definition) is 2. The van der Waals surface area contributed by atoms with Crippen molar-refractivity contribution >= 4 is 17.5 Å². The van der Waals surface area contributed by atoms with E-state index in [1.165, 1.54) is 12.1 Å². The molecule has 0 spiro atoms. The van der Waals surface area contributed by atoms with Crippen LogP contribution in [0.2, 0.25) is 0 Å². The molecule has 3 aromatic carbocycles. The number of carbonyl (C=O) groups excluding carboxylic acids is 2. The van der Waals surface area contributed by atoms with E-state index in [2.05, 4.69) is 5.32 Å². The van der Waals surface area contributed by atoms with Gasteiger partial charge in [0, 0.05) is 29.9 Å². The van der Waals surface area contributed by atoms with Gasteiger partial charge >= 0.3 is 6.18 Å². The molecule has 0 radical (unpaired) electrons. The van der Waals surface area contributed by atoms with Gasteiger partial charge < -0.3 is 10.2 Å². The third-order valence-corrected chi connectivity index (χ3v) is 5.11. The topological polar surface area (TPSA) is 49.4 Å². The zero-order valence-electron chi connectivity index (χ0n) is 17.7. The SMILES string of the molecule is CCN(CC)C(=O)c1cccc(NC(=O)c2ccccc2-c2ccc(C(F)(F)F)cc2)c1. The van der Waals surface area contributed by atoms with Crippen LogP contribution in [-0.2, 0) is 6.18 Å². The van der Waals surface area contributed by atoms with Crippen molar-refractivity contribution < 1.29 is 22.8 Å². The van der Waals surface area contributed by atoms with E-state index < -0.39 is 17.6 Å². The van der Waals surface area contributed by atoms with Crippen molar-refractivity contribution in [2.45, 2.75) is 20.0 Å². The second-order valence-corrected chi connectivity index (χ2v) is 7.13. The summed E-state index contributed by atoms with van der Waals surface area (Å²) in [6, 6.07) is 18.0. The van der Waals surface area contributed by atoms with Crippen LogP contribution >= 0.6 is 0 Å². The molecule has 0 unspecified atom stereocenters. The molecule has 0 aliphatic rings. The highest BCUT2D eigenvalue weighted by Gasteiger charge is 2.30. The molecule has 166 valence electrons. The lowest BCUT2D eigenvalue weighted by Gasteiger charge is -2.19. The van der Waals surface area contributed by atoms with Gasteiger partial charge in [0.25, 0.3) is 11.8 Å². The summed E-state index contributed by atoms with van der Waals surface area (Å²) in [5.74, 6) is -0.552. The highest BCUT2D eigenvalue weighted by Crippen LogP contribution is 2.32. The van der Waals surface area contributed by atoms with Crippen molar-refractivity contribution in [1.29, 1.82) is 0 Å². The molecule has 2 amide bonds. The fourth-order valence-corrected chi connectivity index (χ4v) is 3.39. The summed E-state index contributed by atoms with van der Waals surface area (Å²) in [6.45, 7) is 4.94. The monoisotopic (exact) mass is 440 g/mol. The molecule has 0 fully saturated rings. The van der Waals surface area contributed by atoms with Gasteiger partial charge in [0.2, 0.25) is 0 Å². The summed E-state index contributed by atoms with van der Waals surface area (Å²) in [5.41, 5.74) is 1.48. The highest BCUT2D eigenvalue weighted by molar-refractivity contribution is 6.09. The molecule has 4 nitrogen and oxygen atoms in total. The standard InChI is InChI=1S/C25H23F3N2O2/c1-3-30(4-2)24(32)18-8-7-9-20(16-18)29-23(31)22-11-6-5-10-21(22)17-12-14-19(15-13-17)25(26,27)28/h5-16H,3-4H2,1-2H3,(H,29,31). The number of carbonyl (C=O) groups is 2. The maximum Gasteiger partial charge on any atom is 0.416 e. The predicted octanol–water partition coefficient (Wildman–Crippen LogP) is 6.11. The van der Waals surface area contributed by atoms with Crippen molar-refractivity contribution in [2.24, 2.45) is 0 Å². The van der Waals surface area contributed by atoms with E-state index in [1.807, 2.05) is 13.8 Å². The number of amides is 2. The summed E-state index contributed by atoms with van der Waals surface area (Å²) < 4.78 is 38.6. The molecule has 0 saturated heterocycles. The van der Waals surface area contributed by atoms with Crippen molar-refractivity contribution in [3.63, 3.8) is 0 Å². The molecular formula is C25H23F3N2O2. The van der Waals surface area contributed by atoms with Crippen LogP contribution in [0.1, 0.15) is 40.1 Å². The Hall–Kier alpha value is -3.61. The van der Waals surface area contributed by atoms with Gasteiger partial charge in [-0.1, -0.05) is 36.4 Å². The molecule has 0 heterocycles. The first-order valence-electron chi connectivity index (χ1n) is 10.2. The smallest absolute Gasteiger partial charge is 0.339 e. The first-order chi connectivity index (χ1) is 15.2. The third-order valence-electron chi connectivity index (χ3n) is 5.11. The molecule has 7 heteroatoms. The summed E-state index contributed by atoms with van der Waals surface area (Å²) in [6.07, 6.45) is -4.43. The molecule has 32 heavy (non-hydrogen) atoms.